The molecule has 18 rings (SSSR count). The third-order valence-electron chi connectivity index (χ3n) is 31.0. The SMILES string of the molecule is CC[C@@H]1[C@@H]2CN(C(=O)[C@H](C(C)(C)C)CC(=O)O[C@@H]3CCCN(C(C)=O)[C@H]3CCCCCc3nc4ccc(OC)cc4nc3O2)[C@@H]1[C-]=O.COc1ccc2nc3c(nc2c1)O[C@H]1CN(C(=O)[C@H](C(C)(C)C)CC(=O)O[C@@H]2C4CC(C4)[C@H]2CCCCC3)[C@H]([C-]=O)[C@@H]1C.COc1ccc2nc3c(nc2c1)O[C@H]1CN(C(=O)[C@H](C(C)(C)C)CC(=O)O[C@@H]2C[C@@H]4C[C@@H]4[C@H]2CCCCC3)[C@H]([C-]=O)[C@@H]1C.[V].[V].[V]. The number of methoxy groups -OCH3 is 3. The number of aromatic nitrogens is 6. The van der Waals surface area contributed by atoms with Gasteiger partial charge in [-0.3, -0.25) is 33.6 Å². The summed E-state index contributed by atoms with van der Waals surface area (Å²) in [6.45, 7) is 26.0. The molecule has 29 nitrogen and oxygen atoms in total. The van der Waals surface area contributed by atoms with Crippen molar-refractivity contribution in [1.29, 1.82) is 0 Å². The minimum Gasteiger partial charge on any atom is -0.540 e. The summed E-state index contributed by atoms with van der Waals surface area (Å²) < 4.78 is 54.3. The molecule has 7 aliphatic heterocycles. The van der Waals surface area contributed by atoms with Gasteiger partial charge in [0.05, 0.1) is 117 Å². The average Bonchev–Trinajstić information content (AvgIpc) is 1.59. The van der Waals surface area contributed by atoms with Crippen molar-refractivity contribution in [3.8, 4) is 34.9 Å². The summed E-state index contributed by atoms with van der Waals surface area (Å²) >= 11 is 0. The standard InChI is InChI=1S/C36H49N4O7.2C34H44N3O6.3V/c1-7-24-30(21-41)40-20-32(24)47-34-27(37-26-16-15-23(45-6)18-28(26)38-34)12-9-8-10-13-29-31(14-11-17-39(29)22(2)42)46-33(43)19-25(35(40)44)36(3,4)5;1-19-28(18-38)37-17-29(19)42-32-26(35-25-12-11-22(41-5)15-27(25)36-32)10-8-6-7-9-23-20-13-21(14-20)31(23)43-30(39)16-24(33(37)40)34(2,3)4;1-19-28(18-38)37-17-30(19)43-32-26(35-25-12-11-21(41-5)15-27(25)36-32)10-8-6-7-9-22-23-13-20(23)14-29(22)42-31(39)16-24(33(37)40)34(2,3)4;;;/h15-16,18,24-25,29-32H,7-14,17,19-20H2,1-6H3;11-12,15,19-21,23-24,28-29,31H,6-10,13-14,16-17H2,1-5H3;11-12,15,19-20,22-24,28-30H,6-10,13-14,16-17H2,1-5H3;;;/q3*-1;;;/t24-,25+,29-,30+,31+,32-;19-,20?,21?,23+,24+,28+,29-,31+;19-,20-,22+,23-,24+,28+,29+,30-;;;/m000.../s1. The number of likely N-dealkylation sites (tertiary alicyclic amines) is 1. The minimum atomic E-state index is -0.829. The first-order chi connectivity index (χ1) is 63.6. The fraction of sp³-hybridized carbons (Fsp3) is 0.673. The number of carbonyl (C=O) groups is 7. The smallest absolute Gasteiger partial charge is 0.306 e. The molecule has 4 saturated heterocycles. The summed E-state index contributed by atoms with van der Waals surface area (Å²) in [7, 11) is 4.83. The van der Waals surface area contributed by atoms with Crippen molar-refractivity contribution < 1.29 is 146 Å². The van der Waals surface area contributed by atoms with Crippen LogP contribution in [-0.4, -0.2) is 218 Å². The van der Waals surface area contributed by atoms with E-state index in [1.165, 1.54) is 11.3 Å². The van der Waals surface area contributed by atoms with Crippen LogP contribution >= 0.6 is 0 Å². The van der Waals surface area contributed by atoms with E-state index in [-0.39, 0.29) is 166 Å². The number of ether oxygens (including phenoxy) is 9. The van der Waals surface area contributed by atoms with Gasteiger partial charge < -0.3 is 76.6 Å². The van der Waals surface area contributed by atoms with Gasteiger partial charge in [-0.15, -0.1) is 0 Å². The monoisotopic (exact) mass is 1980 g/mol. The van der Waals surface area contributed by atoms with Gasteiger partial charge in [-0.25, -0.2) is 48.8 Å². The Morgan fingerprint density at radius 2 is 0.794 bits per heavy atom. The number of benzene rings is 3. The number of nitrogens with zero attached hydrogens (tertiary/aromatic N) is 10. The van der Waals surface area contributed by atoms with E-state index in [1.807, 2.05) is 143 Å². The molecule has 3 aromatic heterocycles. The predicted octanol–water partition coefficient (Wildman–Crippen LogP) is 15.0. The predicted molar refractivity (Wildman–Crippen MR) is 496 cm³/mol. The normalized spacial score (nSPS) is 30.8. The Bertz CT molecular complexity index is 5170. The number of aryl methyl sites for hydroxylation is 3. The molecule has 9 fully saturated rings. The van der Waals surface area contributed by atoms with E-state index in [4.69, 9.17) is 72.5 Å². The van der Waals surface area contributed by atoms with E-state index in [1.54, 1.807) is 38.1 Å². The van der Waals surface area contributed by atoms with Crippen molar-refractivity contribution in [3.05, 3.63) is 71.7 Å². The zero-order valence-corrected chi connectivity index (χ0v) is 86.2. The minimum absolute atomic E-state index is 0. The molecule has 3 radical (unpaired) electrons. The first-order valence-electron chi connectivity index (χ1n) is 49.0. The van der Waals surface area contributed by atoms with Crippen molar-refractivity contribution in [2.24, 2.45) is 87.3 Å². The van der Waals surface area contributed by atoms with Gasteiger partial charge in [0.25, 0.3) is 0 Å². The molecule has 10 heterocycles. The van der Waals surface area contributed by atoms with Crippen LogP contribution in [0.2, 0.25) is 0 Å². The van der Waals surface area contributed by atoms with Crippen molar-refractivity contribution >= 4 is 93.5 Å². The van der Waals surface area contributed by atoms with Gasteiger partial charge >= 0.3 is 17.9 Å². The van der Waals surface area contributed by atoms with Gasteiger partial charge in [0, 0.05) is 87.3 Å². The molecule has 735 valence electrons. The second-order valence-corrected chi connectivity index (χ2v) is 42.7. The molecular formula is C104H137N10O19V3-3. The molecule has 20 atom stereocenters. The zero-order valence-electron chi connectivity index (χ0n) is 82.0. The summed E-state index contributed by atoms with van der Waals surface area (Å²) in [4.78, 5) is 168. The maximum absolute atomic E-state index is 14.3. The molecule has 8 bridgehead atoms. The number of fused-ring (bicyclic) bond motifs is 16. The molecule has 32 heteroatoms. The molecule has 0 spiro atoms. The number of hydrogen-bond acceptors (Lipinski definition) is 25. The summed E-state index contributed by atoms with van der Waals surface area (Å²) in [5.74, 6) is 1.56. The summed E-state index contributed by atoms with van der Waals surface area (Å²) in [5.41, 5.74) is 4.87. The van der Waals surface area contributed by atoms with Crippen LogP contribution in [0.3, 0.4) is 0 Å². The molecule has 0 unspecified atom stereocenters. The Morgan fingerprint density at radius 3 is 1.20 bits per heavy atom. The Morgan fingerprint density at radius 1 is 0.412 bits per heavy atom. The van der Waals surface area contributed by atoms with Crippen LogP contribution < -0.4 is 28.4 Å². The molecule has 5 saturated carbocycles. The van der Waals surface area contributed by atoms with Crippen LogP contribution in [0.1, 0.15) is 248 Å². The number of piperidine rings is 1. The van der Waals surface area contributed by atoms with E-state index in [0.29, 0.717) is 132 Å². The van der Waals surface area contributed by atoms with Gasteiger partial charge in [0.2, 0.25) is 41.3 Å². The molecule has 4 amide bonds. The van der Waals surface area contributed by atoms with Crippen LogP contribution in [0, 0.1) is 87.3 Å². The van der Waals surface area contributed by atoms with Crippen molar-refractivity contribution in [2.45, 2.75) is 311 Å². The Hall–Kier alpha value is -8.47. The van der Waals surface area contributed by atoms with Crippen LogP contribution in [0.15, 0.2) is 54.6 Å². The third-order valence-corrected chi connectivity index (χ3v) is 31.0. The van der Waals surface area contributed by atoms with Gasteiger partial charge in [-0.05, 0) is 202 Å². The van der Waals surface area contributed by atoms with Gasteiger partial charge in [0.15, 0.2) is 0 Å². The average molecular weight is 1980 g/mol. The van der Waals surface area contributed by atoms with E-state index in [0.717, 1.165) is 130 Å². The van der Waals surface area contributed by atoms with Crippen molar-refractivity contribution in [2.75, 3.05) is 47.5 Å². The summed E-state index contributed by atoms with van der Waals surface area (Å²) in [5, 5.41) is 0. The van der Waals surface area contributed by atoms with E-state index in [9.17, 15) is 47.9 Å². The summed E-state index contributed by atoms with van der Waals surface area (Å²) in [6, 6.07) is 14.2. The molecule has 5 aliphatic carbocycles. The first kappa shape index (κ1) is 106. The quantitative estimate of drug-likeness (QED) is 0.0814. The van der Waals surface area contributed by atoms with Crippen LogP contribution in [-0.2, 0) is 137 Å². The third kappa shape index (κ3) is 23.7. The maximum Gasteiger partial charge on any atom is 0.306 e. The maximum atomic E-state index is 14.3. The Labute approximate surface area is 836 Å². The van der Waals surface area contributed by atoms with Gasteiger partial charge in [0.1, 0.15) is 71.0 Å². The number of carbonyl (C=O) groups excluding carboxylic acids is 10. The van der Waals surface area contributed by atoms with Gasteiger partial charge in [-0.1, -0.05) is 146 Å². The molecule has 3 aromatic carbocycles. The Balaban J connectivity index is 0.000000182. The number of amides is 4. The largest absolute Gasteiger partial charge is 0.540 e. The fourth-order valence-electron chi connectivity index (χ4n) is 22.9. The topological polar surface area (TPSA) is 344 Å². The van der Waals surface area contributed by atoms with E-state index >= 15 is 0 Å². The van der Waals surface area contributed by atoms with Gasteiger partial charge in [-0.2, -0.15) is 0 Å². The number of esters is 3. The van der Waals surface area contributed by atoms with Crippen molar-refractivity contribution in [1.82, 2.24) is 49.5 Å². The molecule has 136 heavy (non-hydrogen) atoms. The number of hydrogen-bond donors (Lipinski definition) is 0. The Kier molecular flexibility index (Phi) is 35.5. The second kappa shape index (κ2) is 45.4. The first-order valence-corrected chi connectivity index (χ1v) is 49.0. The molecule has 0 N–H and O–H groups in total. The molecule has 12 aliphatic rings. The van der Waals surface area contributed by atoms with Crippen LogP contribution in [0.4, 0.5) is 0 Å². The molecule has 6 aromatic rings. The summed E-state index contributed by atoms with van der Waals surface area (Å²) in [6.07, 6.45) is 24.0. The van der Waals surface area contributed by atoms with Crippen LogP contribution in [0.25, 0.3) is 33.1 Å². The van der Waals surface area contributed by atoms with Crippen molar-refractivity contribution in [3.63, 3.8) is 0 Å². The van der Waals surface area contributed by atoms with Crippen LogP contribution in [0.5, 0.6) is 34.9 Å². The fourth-order valence-corrected chi connectivity index (χ4v) is 22.9. The number of rotatable bonds is 7. The molecular weight excluding hydrogens is 1850 g/mol. The zero-order chi connectivity index (χ0) is 94.8. The van der Waals surface area contributed by atoms with E-state index in [2.05, 4.69) is 18.9 Å². The second-order valence-electron chi connectivity index (χ2n) is 42.7. The van der Waals surface area contributed by atoms with E-state index < -0.39 is 82.5 Å².